The summed E-state index contributed by atoms with van der Waals surface area (Å²) in [6, 6.07) is 6.74. The minimum Gasteiger partial charge on any atom is -0.341 e. The maximum atomic E-state index is 13.0. The molecule has 4 nitrogen and oxygen atoms in total. The number of benzene rings is 1. The Morgan fingerprint density at radius 3 is 2.88 bits per heavy atom. The summed E-state index contributed by atoms with van der Waals surface area (Å²) in [4.78, 5) is 18.9. The van der Waals surface area contributed by atoms with Crippen molar-refractivity contribution in [3.8, 4) is 0 Å². The van der Waals surface area contributed by atoms with E-state index in [1.54, 1.807) is 6.20 Å². The van der Waals surface area contributed by atoms with E-state index >= 15 is 0 Å². The van der Waals surface area contributed by atoms with Crippen molar-refractivity contribution in [2.24, 2.45) is 5.92 Å². The van der Waals surface area contributed by atoms with Crippen molar-refractivity contribution in [1.82, 2.24) is 14.5 Å². The number of carbonyl (C=O) groups excluding carboxylic acids is 1. The summed E-state index contributed by atoms with van der Waals surface area (Å²) in [5, 5.41) is 0. The number of hydrogen-bond acceptors (Lipinski definition) is 2. The van der Waals surface area contributed by atoms with Crippen molar-refractivity contribution in [2.75, 3.05) is 13.1 Å². The van der Waals surface area contributed by atoms with Crippen LogP contribution in [0, 0.1) is 11.7 Å². The highest BCUT2D eigenvalue weighted by Gasteiger charge is 2.23. The molecule has 0 bridgehead atoms. The molecular weight excluding hydrogens is 317 g/mol. The molecule has 0 saturated carbocycles. The minimum atomic E-state index is -0.191. The van der Waals surface area contributed by atoms with Gasteiger partial charge < -0.3 is 9.47 Å². The lowest BCUT2D eigenvalue weighted by Crippen LogP contribution is -2.41. The van der Waals surface area contributed by atoms with Crippen LogP contribution >= 0.6 is 0 Å². The highest BCUT2D eigenvalue weighted by Crippen LogP contribution is 2.22. The summed E-state index contributed by atoms with van der Waals surface area (Å²) in [5.41, 5.74) is 1.16. The Labute approximate surface area is 148 Å². The lowest BCUT2D eigenvalue weighted by Gasteiger charge is -2.33. The Morgan fingerprint density at radius 2 is 2.12 bits per heavy atom. The van der Waals surface area contributed by atoms with Crippen LogP contribution in [0.3, 0.4) is 0 Å². The topological polar surface area (TPSA) is 38.1 Å². The Morgan fingerprint density at radius 1 is 1.32 bits per heavy atom. The second-order valence-corrected chi connectivity index (χ2v) is 6.84. The van der Waals surface area contributed by atoms with Gasteiger partial charge in [-0.05, 0) is 49.3 Å². The number of aromatic nitrogens is 2. The van der Waals surface area contributed by atoms with Gasteiger partial charge in [0, 0.05) is 31.9 Å². The van der Waals surface area contributed by atoms with Crippen molar-refractivity contribution in [1.29, 1.82) is 0 Å². The molecule has 1 fully saturated rings. The number of hydrogen-bond donors (Lipinski definition) is 0. The Hall–Kier alpha value is -2.17. The highest BCUT2D eigenvalue weighted by atomic mass is 19.1. The summed E-state index contributed by atoms with van der Waals surface area (Å²) in [7, 11) is 0. The number of rotatable bonds is 6. The maximum Gasteiger partial charge on any atom is 0.242 e. The maximum absolute atomic E-state index is 13.0. The summed E-state index contributed by atoms with van der Waals surface area (Å²) >= 11 is 0. The van der Waals surface area contributed by atoms with Crippen LogP contribution in [0.25, 0.3) is 0 Å². The standard InChI is InChI=1S/C20H26FN3O/c1-2-19-22-11-13-23(19)15-20(25)24-12-3-4-17(14-24)6-5-16-7-9-18(21)10-8-16/h7-11,13,17H,2-6,12,14-15H2,1H3/t17-/m0/s1. The van der Waals surface area contributed by atoms with Crippen LogP contribution in [-0.2, 0) is 24.2 Å². The van der Waals surface area contributed by atoms with E-state index in [1.165, 1.54) is 12.1 Å². The van der Waals surface area contributed by atoms with E-state index in [0.29, 0.717) is 12.5 Å². The number of amides is 1. The van der Waals surface area contributed by atoms with Gasteiger partial charge in [-0.15, -0.1) is 0 Å². The fraction of sp³-hybridized carbons (Fsp3) is 0.500. The largest absolute Gasteiger partial charge is 0.341 e. The molecule has 1 aliphatic rings. The molecule has 2 aromatic rings. The molecule has 1 aromatic heterocycles. The molecule has 1 saturated heterocycles. The summed E-state index contributed by atoms with van der Waals surface area (Å²) in [6.45, 7) is 4.11. The predicted octanol–water partition coefficient (Wildman–Crippen LogP) is 3.46. The van der Waals surface area contributed by atoms with Gasteiger partial charge in [-0.1, -0.05) is 19.1 Å². The third-order valence-corrected chi connectivity index (χ3v) is 5.05. The quantitative estimate of drug-likeness (QED) is 0.806. The molecule has 5 heteroatoms. The lowest BCUT2D eigenvalue weighted by atomic mass is 9.91. The monoisotopic (exact) mass is 343 g/mol. The van der Waals surface area contributed by atoms with Crippen molar-refractivity contribution in [2.45, 2.75) is 45.6 Å². The predicted molar refractivity (Wildman–Crippen MR) is 95.6 cm³/mol. The van der Waals surface area contributed by atoms with Crippen molar-refractivity contribution in [3.63, 3.8) is 0 Å². The second kappa shape index (κ2) is 8.28. The van der Waals surface area contributed by atoms with Gasteiger partial charge in [-0.25, -0.2) is 9.37 Å². The van der Waals surface area contributed by atoms with Gasteiger partial charge in [0.2, 0.25) is 5.91 Å². The van der Waals surface area contributed by atoms with Gasteiger partial charge >= 0.3 is 0 Å². The molecule has 134 valence electrons. The van der Waals surface area contributed by atoms with E-state index in [9.17, 15) is 9.18 Å². The fourth-order valence-electron chi connectivity index (χ4n) is 3.59. The molecule has 1 aliphatic heterocycles. The molecular formula is C20H26FN3O. The van der Waals surface area contributed by atoms with Crippen molar-refractivity contribution < 1.29 is 9.18 Å². The lowest BCUT2D eigenvalue weighted by molar-refractivity contribution is -0.133. The first-order valence-electron chi connectivity index (χ1n) is 9.18. The van der Waals surface area contributed by atoms with E-state index in [0.717, 1.165) is 56.6 Å². The summed E-state index contributed by atoms with van der Waals surface area (Å²) < 4.78 is 14.9. The minimum absolute atomic E-state index is 0.180. The normalized spacial score (nSPS) is 17.7. The average Bonchev–Trinajstić information content (AvgIpc) is 3.08. The molecule has 3 rings (SSSR count). The summed E-state index contributed by atoms with van der Waals surface area (Å²) in [6.07, 6.45) is 8.68. The van der Waals surface area contributed by atoms with Crippen LogP contribution in [0.5, 0.6) is 0 Å². The molecule has 1 aromatic carbocycles. The van der Waals surface area contributed by atoms with E-state index in [4.69, 9.17) is 0 Å². The van der Waals surface area contributed by atoms with Crippen LogP contribution in [0.4, 0.5) is 4.39 Å². The Bertz CT molecular complexity index is 695. The van der Waals surface area contributed by atoms with Crippen LogP contribution in [0.1, 0.15) is 37.6 Å². The van der Waals surface area contributed by atoms with Gasteiger partial charge in [0.25, 0.3) is 0 Å². The number of likely N-dealkylation sites (tertiary alicyclic amines) is 1. The van der Waals surface area contributed by atoms with E-state index in [2.05, 4.69) is 11.9 Å². The first-order valence-corrected chi connectivity index (χ1v) is 9.18. The van der Waals surface area contributed by atoms with Crippen molar-refractivity contribution in [3.05, 3.63) is 53.9 Å². The van der Waals surface area contributed by atoms with Gasteiger partial charge in [-0.3, -0.25) is 4.79 Å². The average molecular weight is 343 g/mol. The van der Waals surface area contributed by atoms with Crippen LogP contribution in [0.2, 0.25) is 0 Å². The van der Waals surface area contributed by atoms with E-state index in [-0.39, 0.29) is 11.7 Å². The van der Waals surface area contributed by atoms with Crippen LogP contribution < -0.4 is 0 Å². The molecule has 0 spiro atoms. The Kier molecular flexibility index (Phi) is 5.84. The summed E-state index contributed by atoms with van der Waals surface area (Å²) in [5.74, 6) is 1.47. The first-order chi connectivity index (χ1) is 12.2. The SMILES string of the molecule is CCc1nccn1CC(=O)N1CCC[C@@H](CCc2ccc(F)cc2)C1. The van der Waals surface area contributed by atoms with Gasteiger partial charge in [0.1, 0.15) is 18.2 Å². The zero-order valence-electron chi connectivity index (χ0n) is 14.8. The smallest absolute Gasteiger partial charge is 0.242 e. The zero-order chi connectivity index (χ0) is 17.6. The molecule has 0 unspecified atom stereocenters. The molecule has 1 amide bonds. The Balaban J connectivity index is 1.51. The number of aryl methyl sites for hydroxylation is 2. The van der Waals surface area contributed by atoms with Gasteiger partial charge in [0.15, 0.2) is 0 Å². The number of carbonyl (C=O) groups is 1. The third kappa shape index (κ3) is 4.68. The zero-order valence-corrected chi connectivity index (χ0v) is 14.8. The van der Waals surface area contributed by atoms with Crippen LogP contribution in [-0.4, -0.2) is 33.4 Å². The number of imidazole rings is 1. The highest BCUT2D eigenvalue weighted by molar-refractivity contribution is 5.76. The van der Waals surface area contributed by atoms with Gasteiger partial charge in [0.05, 0.1) is 0 Å². The molecule has 0 aliphatic carbocycles. The third-order valence-electron chi connectivity index (χ3n) is 5.05. The molecule has 2 heterocycles. The molecule has 25 heavy (non-hydrogen) atoms. The molecule has 1 atom stereocenters. The number of nitrogens with zero attached hydrogens (tertiary/aromatic N) is 3. The van der Waals surface area contributed by atoms with E-state index in [1.807, 2.05) is 27.8 Å². The van der Waals surface area contributed by atoms with Crippen molar-refractivity contribution >= 4 is 5.91 Å². The second-order valence-electron chi connectivity index (χ2n) is 6.84. The molecule has 0 N–H and O–H groups in total. The molecule has 0 radical (unpaired) electrons. The number of piperidine rings is 1. The fourth-order valence-corrected chi connectivity index (χ4v) is 3.59. The first kappa shape index (κ1) is 17.6. The van der Waals surface area contributed by atoms with Gasteiger partial charge in [-0.2, -0.15) is 0 Å². The number of halogens is 1. The van der Waals surface area contributed by atoms with Crippen LogP contribution in [0.15, 0.2) is 36.7 Å². The van der Waals surface area contributed by atoms with E-state index < -0.39 is 0 Å².